The van der Waals surface area contributed by atoms with Gasteiger partial charge in [-0.25, -0.2) is 4.39 Å². The number of benzene rings is 1. The molecule has 0 aliphatic carbocycles. The van der Waals surface area contributed by atoms with Crippen LogP contribution in [0.3, 0.4) is 0 Å². The van der Waals surface area contributed by atoms with Crippen LogP contribution in [-0.4, -0.2) is 42.8 Å². The Morgan fingerprint density at radius 3 is 2.37 bits per heavy atom. The average molecular weight is 266 g/mol. The SMILES string of the molecule is CCN(CC(=O)NC)C(C)C(=O)c1ccc(F)cc1. The number of rotatable bonds is 6. The number of carbonyl (C=O) groups is 2. The average Bonchev–Trinajstić information content (AvgIpc) is 2.43. The van der Waals surface area contributed by atoms with E-state index in [9.17, 15) is 14.0 Å². The van der Waals surface area contributed by atoms with Gasteiger partial charge in [0, 0.05) is 12.6 Å². The van der Waals surface area contributed by atoms with E-state index in [-0.39, 0.29) is 24.1 Å². The zero-order valence-electron chi connectivity index (χ0n) is 11.4. The summed E-state index contributed by atoms with van der Waals surface area (Å²) >= 11 is 0. The number of likely N-dealkylation sites (N-methyl/N-ethyl adjacent to an activating group) is 2. The molecule has 19 heavy (non-hydrogen) atoms. The van der Waals surface area contributed by atoms with Crippen LogP contribution in [0, 0.1) is 5.82 Å². The van der Waals surface area contributed by atoms with Crippen molar-refractivity contribution in [2.75, 3.05) is 20.1 Å². The van der Waals surface area contributed by atoms with Gasteiger partial charge in [-0.2, -0.15) is 0 Å². The minimum absolute atomic E-state index is 0.120. The second-order valence-electron chi connectivity index (χ2n) is 4.28. The number of nitrogens with zero attached hydrogens (tertiary/aromatic N) is 1. The number of ketones is 1. The number of nitrogens with one attached hydrogen (secondary N) is 1. The highest BCUT2D eigenvalue weighted by Crippen LogP contribution is 2.10. The fraction of sp³-hybridized carbons (Fsp3) is 0.429. The third-order valence-corrected chi connectivity index (χ3v) is 3.09. The molecule has 104 valence electrons. The van der Waals surface area contributed by atoms with Crippen LogP contribution in [0.15, 0.2) is 24.3 Å². The molecule has 0 saturated heterocycles. The van der Waals surface area contributed by atoms with E-state index in [0.717, 1.165) is 0 Å². The first kappa shape index (κ1) is 15.3. The Labute approximate surface area is 112 Å². The molecule has 1 rings (SSSR count). The lowest BCUT2D eigenvalue weighted by molar-refractivity contribution is -0.121. The number of halogens is 1. The molecule has 1 amide bonds. The molecule has 0 aromatic heterocycles. The lowest BCUT2D eigenvalue weighted by atomic mass is 10.0. The first-order chi connectivity index (χ1) is 8.99. The summed E-state index contributed by atoms with van der Waals surface area (Å²) in [5.41, 5.74) is 0.448. The van der Waals surface area contributed by atoms with Gasteiger partial charge in [0.1, 0.15) is 5.82 Å². The van der Waals surface area contributed by atoms with E-state index >= 15 is 0 Å². The van der Waals surface area contributed by atoms with Crippen molar-refractivity contribution in [2.45, 2.75) is 19.9 Å². The Morgan fingerprint density at radius 2 is 1.89 bits per heavy atom. The van der Waals surface area contributed by atoms with E-state index in [1.54, 1.807) is 18.9 Å². The summed E-state index contributed by atoms with van der Waals surface area (Å²) in [6.45, 7) is 4.39. The van der Waals surface area contributed by atoms with Crippen LogP contribution in [0.25, 0.3) is 0 Å². The molecule has 0 radical (unpaired) electrons. The third-order valence-electron chi connectivity index (χ3n) is 3.09. The first-order valence-corrected chi connectivity index (χ1v) is 6.24. The van der Waals surface area contributed by atoms with Gasteiger partial charge in [-0.3, -0.25) is 14.5 Å². The minimum Gasteiger partial charge on any atom is -0.358 e. The Morgan fingerprint density at radius 1 is 1.32 bits per heavy atom. The number of carbonyl (C=O) groups excluding carboxylic acids is 2. The maximum Gasteiger partial charge on any atom is 0.233 e. The Kier molecular flexibility index (Phi) is 5.63. The molecule has 1 aromatic rings. The molecule has 0 fully saturated rings. The van der Waals surface area contributed by atoms with E-state index < -0.39 is 6.04 Å². The van der Waals surface area contributed by atoms with Gasteiger partial charge in [0.05, 0.1) is 12.6 Å². The Balaban J connectivity index is 2.79. The van der Waals surface area contributed by atoms with Gasteiger partial charge >= 0.3 is 0 Å². The molecular formula is C14H19FN2O2. The van der Waals surface area contributed by atoms with Crippen molar-refractivity contribution in [3.63, 3.8) is 0 Å². The van der Waals surface area contributed by atoms with Crippen molar-refractivity contribution in [1.82, 2.24) is 10.2 Å². The van der Waals surface area contributed by atoms with Crippen molar-refractivity contribution in [1.29, 1.82) is 0 Å². The van der Waals surface area contributed by atoms with Gasteiger partial charge in [-0.05, 0) is 37.7 Å². The van der Waals surface area contributed by atoms with E-state index in [1.807, 2.05) is 6.92 Å². The van der Waals surface area contributed by atoms with Gasteiger partial charge in [-0.15, -0.1) is 0 Å². The Bertz CT molecular complexity index is 445. The van der Waals surface area contributed by atoms with Crippen LogP contribution < -0.4 is 5.32 Å². The van der Waals surface area contributed by atoms with Gasteiger partial charge in [0.15, 0.2) is 5.78 Å². The minimum atomic E-state index is -0.423. The molecule has 0 heterocycles. The normalized spacial score (nSPS) is 12.3. The highest BCUT2D eigenvalue weighted by Gasteiger charge is 2.22. The van der Waals surface area contributed by atoms with Crippen molar-refractivity contribution in [2.24, 2.45) is 0 Å². The molecule has 0 spiro atoms. The standard InChI is InChI=1S/C14H19FN2O2/c1-4-17(9-13(18)16-3)10(2)14(19)11-5-7-12(15)8-6-11/h5-8,10H,4,9H2,1-3H3,(H,16,18). The fourth-order valence-corrected chi connectivity index (χ4v) is 1.81. The van der Waals surface area contributed by atoms with E-state index in [4.69, 9.17) is 0 Å². The van der Waals surface area contributed by atoms with Gasteiger partial charge in [0.2, 0.25) is 5.91 Å². The summed E-state index contributed by atoms with van der Waals surface area (Å²) in [6, 6.07) is 5.01. The zero-order chi connectivity index (χ0) is 14.4. The summed E-state index contributed by atoms with van der Waals surface area (Å²) in [4.78, 5) is 25.4. The first-order valence-electron chi connectivity index (χ1n) is 6.24. The summed E-state index contributed by atoms with van der Waals surface area (Å²) in [5, 5.41) is 2.53. The molecule has 0 saturated carbocycles. The highest BCUT2D eigenvalue weighted by molar-refractivity contribution is 6.00. The largest absolute Gasteiger partial charge is 0.358 e. The summed E-state index contributed by atoms with van der Waals surface area (Å²) < 4.78 is 12.8. The van der Waals surface area contributed by atoms with Gasteiger partial charge < -0.3 is 5.32 Å². The van der Waals surface area contributed by atoms with E-state index in [0.29, 0.717) is 12.1 Å². The van der Waals surface area contributed by atoms with Crippen LogP contribution in [-0.2, 0) is 4.79 Å². The summed E-state index contributed by atoms with van der Waals surface area (Å²) in [7, 11) is 1.56. The summed E-state index contributed by atoms with van der Waals surface area (Å²) in [6.07, 6.45) is 0. The van der Waals surface area contributed by atoms with Crippen LogP contribution in [0.2, 0.25) is 0 Å². The summed E-state index contributed by atoms with van der Waals surface area (Å²) in [5.74, 6) is -0.631. The van der Waals surface area contributed by atoms with Crippen molar-refractivity contribution >= 4 is 11.7 Å². The molecule has 0 aliphatic heterocycles. The quantitative estimate of drug-likeness (QED) is 0.793. The molecule has 1 aromatic carbocycles. The molecule has 4 nitrogen and oxygen atoms in total. The fourth-order valence-electron chi connectivity index (χ4n) is 1.81. The maximum atomic E-state index is 12.8. The van der Waals surface area contributed by atoms with E-state index in [1.165, 1.54) is 24.3 Å². The number of hydrogen-bond donors (Lipinski definition) is 1. The number of amides is 1. The van der Waals surface area contributed by atoms with Crippen LogP contribution in [0.1, 0.15) is 24.2 Å². The monoisotopic (exact) mass is 266 g/mol. The third kappa shape index (κ3) is 4.13. The predicted octanol–water partition coefficient (Wildman–Crippen LogP) is 1.46. The lowest BCUT2D eigenvalue weighted by Gasteiger charge is -2.25. The molecule has 5 heteroatoms. The second-order valence-corrected chi connectivity index (χ2v) is 4.28. The molecular weight excluding hydrogens is 247 g/mol. The molecule has 0 bridgehead atoms. The maximum absolute atomic E-state index is 12.8. The van der Waals surface area contributed by atoms with Crippen LogP contribution in [0.5, 0.6) is 0 Å². The second kappa shape index (κ2) is 6.99. The van der Waals surface area contributed by atoms with Gasteiger partial charge in [0.25, 0.3) is 0 Å². The lowest BCUT2D eigenvalue weighted by Crippen LogP contribution is -2.44. The van der Waals surface area contributed by atoms with Crippen molar-refractivity contribution < 1.29 is 14.0 Å². The molecule has 1 atom stereocenters. The van der Waals surface area contributed by atoms with Crippen molar-refractivity contribution in [3.05, 3.63) is 35.6 Å². The number of hydrogen-bond acceptors (Lipinski definition) is 3. The zero-order valence-corrected chi connectivity index (χ0v) is 11.4. The highest BCUT2D eigenvalue weighted by atomic mass is 19.1. The molecule has 1 N–H and O–H groups in total. The smallest absolute Gasteiger partial charge is 0.233 e. The van der Waals surface area contributed by atoms with E-state index in [2.05, 4.69) is 5.32 Å². The molecule has 0 aliphatic rings. The van der Waals surface area contributed by atoms with Gasteiger partial charge in [-0.1, -0.05) is 6.92 Å². The number of Topliss-reactive ketones (excluding diaryl/α,β-unsaturated/α-hetero) is 1. The predicted molar refractivity (Wildman–Crippen MR) is 71.5 cm³/mol. The van der Waals surface area contributed by atoms with Crippen molar-refractivity contribution in [3.8, 4) is 0 Å². The topological polar surface area (TPSA) is 49.4 Å². The molecule has 1 unspecified atom stereocenters. The van der Waals surface area contributed by atoms with Crippen LogP contribution in [0.4, 0.5) is 4.39 Å². The van der Waals surface area contributed by atoms with Crippen LogP contribution >= 0.6 is 0 Å². The Hall–Kier alpha value is -1.75.